The molecule has 3 aromatic rings. The van der Waals surface area contributed by atoms with Gasteiger partial charge in [-0.05, 0) is 23.6 Å². The summed E-state index contributed by atoms with van der Waals surface area (Å²) in [5.74, 6) is 1.18. The largest absolute Gasteiger partial charge is 0.497 e. The van der Waals surface area contributed by atoms with Crippen molar-refractivity contribution in [1.82, 2.24) is 15.1 Å². The van der Waals surface area contributed by atoms with E-state index in [4.69, 9.17) is 4.74 Å². The number of benzene rings is 1. The van der Waals surface area contributed by atoms with E-state index in [-0.39, 0.29) is 5.91 Å². The fourth-order valence-corrected chi connectivity index (χ4v) is 4.57. The molecule has 6 nitrogen and oxygen atoms in total. The summed E-state index contributed by atoms with van der Waals surface area (Å²) in [5, 5.41) is 14.1. The van der Waals surface area contributed by atoms with Gasteiger partial charge in [0.25, 0.3) is 0 Å². The molecule has 26 heavy (non-hydrogen) atoms. The van der Waals surface area contributed by atoms with Gasteiger partial charge in [0, 0.05) is 23.7 Å². The van der Waals surface area contributed by atoms with Gasteiger partial charge in [0.1, 0.15) is 5.75 Å². The van der Waals surface area contributed by atoms with Crippen LogP contribution in [-0.2, 0) is 11.3 Å². The second kappa shape index (κ2) is 9.02. The predicted octanol–water partition coefficient (Wildman–Crippen LogP) is 4.10. The van der Waals surface area contributed by atoms with Gasteiger partial charge in [0.2, 0.25) is 11.0 Å². The van der Waals surface area contributed by atoms with E-state index < -0.39 is 0 Å². The fraction of sp³-hybridized carbons (Fsp3) is 0.235. The summed E-state index contributed by atoms with van der Waals surface area (Å²) in [6, 6.07) is 11.6. The molecule has 0 spiro atoms. The molecule has 3 rings (SSSR count). The third-order valence-corrected chi connectivity index (χ3v) is 6.26. The Balaban J connectivity index is 1.50. The maximum absolute atomic E-state index is 12.2. The number of hydrogen-bond donors (Lipinski definition) is 1. The Kier molecular flexibility index (Phi) is 6.48. The second-order valence-corrected chi connectivity index (χ2v) is 8.58. The summed E-state index contributed by atoms with van der Waals surface area (Å²) in [4.78, 5) is 15.2. The third-order valence-electron chi connectivity index (χ3n) is 3.45. The average molecular weight is 407 g/mol. The van der Waals surface area contributed by atoms with Gasteiger partial charge in [-0.1, -0.05) is 35.2 Å². The van der Waals surface area contributed by atoms with Crippen LogP contribution in [0.2, 0.25) is 0 Å². The van der Waals surface area contributed by atoms with Gasteiger partial charge >= 0.3 is 0 Å². The number of carbonyl (C=O) groups is 1. The van der Waals surface area contributed by atoms with Crippen LogP contribution in [0.1, 0.15) is 4.88 Å². The van der Waals surface area contributed by atoms with Crippen molar-refractivity contribution in [1.29, 1.82) is 0 Å². The number of aromatic nitrogens is 2. The molecule has 2 aromatic heterocycles. The van der Waals surface area contributed by atoms with Crippen molar-refractivity contribution < 1.29 is 9.53 Å². The van der Waals surface area contributed by atoms with Crippen molar-refractivity contribution in [2.24, 2.45) is 0 Å². The van der Waals surface area contributed by atoms with Crippen molar-refractivity contribution in [2.75, 3.05) is 25.2 Å². The molecule has 0 radical (unpaired) electrons. The zero-order valence-electron chi connectivity index (χ0n) is 14.3. The van der Waals surface area contributed by atoms with Crippen LogP contribution in [0.15, 0.2) is 46.1 Å². The Labute approximate surface area is 164 Å². The summed E-state index contributed by atoms with van der Waals surface area (Å²) in [6.45, 7) is 0.635. The third kappa shape index (κ3) is 5.20. The Hall–Kier alpha value is -2.10. The fourth-order valence-electron chi connectivity index (χ4n) is 2.10. The predicted molar refractivity (Wildman–Crippen MR) is 108 cm³/mol. The molecule has 0 bridgehead atoms. The van der Waals surface area contributed by atoms with Crippen LogP contribution in [0.5, 0.6) is 5.75 Å². The molecule has 0 aliphatic heterocycles. The minimum atomic E-state index is 0.0703. The summed E-state index contributed by atoms with van der Waals surface area (Å²) in [7, 11) is 3.45. The number of thiophene rings is 1. The summed E-state index contributed by atoms with van der Waals surface area (Å²) in [5.41, 5.74) is 0.879. The minimum absolute atomic E-state index is 0.0703. The van der Waals surface area contributed by atoms with Gasteiger partial charge in [0.05, 0.1) is 19.4 Å². The van der Waals surface area contributed by atoms with E-state index in [9.17, 15) is 4.79 Å². The smallest absolute Gasteiger partial charge is 0.233 e. The maximum atomic E-state index is 12.2. The van der Waals surface area contributed by atoms with E-state index in [1.165, 1.54) is 28.0 Å². The molecular weight excluding hydrogens is 388 g/mol. The molecular formula is C17H18N4O2S3. The second-order valence-electron chi connectivity index (χ2n) is 5.35. The van der Waals surface area contributed by atoms with Crippen LogP contribution < -0.4 is 10.1 Å². The Bertz CT molecular complexity index is 851. The molecule has 0 saturated carbocycles. The van der Waals surface area contributed by atoms with Crippen molar-refractivity contribution in [2.45, 2.75) is 10.9 Å². The molecule has 0 aliphatic carbocycles. The van der Waals surface area contributed by atoms with E-state index >= 15 is 0 Å². The van der Waals surface area contributed by atoms with Gasteiger partial charge < -0.3 is 15.0 Å². The number of amides is 1. The molecule has 0 saturated heterocycles. The highest BCUT2D eigenvalue weighted by molar-refractivity contribution is 8.01. The van der Waals surface area contributed by atoms with E-state index in [0.717, 1.165) is 15.8 Å². The topological polar surface area (TPSA) is 67.3 Å². The first-order valence-corrected chi connectivity index (χ1v) is 10.5. The van der Waals surface area contributed by atoms with E-state index in [2.05, 4.69) is 15.5 Å². The molecule has 1 amide bonds. The highest BCUT2D eigenvalue weighted by atomic mass is 32.2. The molecule has 1 N–H and O–H groups in total. The van der Waals surface area contributed by atoms with Crippen LogP contribution in [0, 0.1) is 0 Å². The maximum Gasteiger partial charge on any atom is 0.233 e. The number of anilines is 2. The van der Waals surface area contributed by atoms with Crippen molar-refractivity contribution in [3.05, 3.63) is 46.7 Å². The number of nitrogens with zero attached hydrogens (tertiary/aromatic N) is 3. The zero-order chi connectivity index (χ0) is 18.4. The SMILES string of the molecule is COc1cccc(Nc2nnc(SCC(=O)N(C)Cc3cccs3)s2)c1. The van der Waals surface area contributed by atoms with Gasteiger partial charge in [-0.3, -0.25) is 4.79 Å². The molecule has 2 heterocycles. The van der Waals surface area contributed by atoms with Crippen LogP contribution in [0.3, 0.4) is 0 Å². The summed E-state index contributed by atoms with van der Waals surface area (Å²) < 4.78 is 5.96. The lowest BCUT2D eigenvalue weighted by atomic mass is 10.3. The van der Waals surface area contributed by atoms with Crippen molar-refractivity contribution in [3.8, 4) is 5.75 Å². The van der Waals surface area contributed by atoms with Crippen LogP contribution in [-0.4, -0.2) is 40.9 Å². The minimum Gasteiger partial charge on any atom is -0.497 e. The molecule has 0 unspecified atom stereocenters. The number of hydrogen-bond acceptors (Lipinski definition) is 8. The first kappa shape index (κ1) is 18.7. The monoisotopic (exact) mass is 406 g/mol. The molecule has 0 atom stereocenters. The lowest BCUT2D eigenvalue weighted by Gasteiger charge is -2.15. The average Bonchev–Trinajstić information content (AvgIpc) is 3.32. The number of rotatable bonds is 8. The van der Waals surface area contributed by atoms with Crippen LogP contribution in [0.25, 0.3) is 0 Å². The Morgan fingerprint density at radius 2 is 2.19 bits per heavy atom. The Morgan fingerprint density at radius 1 is 1.31 bits per heavy atom. The lowest BCUT2D eigenvalue weighted by Crippen LogP contribution is -2.27. The lowest BCUT2D eigenvalue weighted by molar-refractivity contribution is -0.127. The first-order valence-electron chi connectivity index (χ1n) is 7.78. The standard InChI is InChI=1S/C17H18N4O2S3/c1-21(10-14-7-4-8-24-14)15(22)11-25-17-20-19-16(26-17)18-12-5-3-6-13(9-12)23-2/h3-9H,10-11H2,1-2H3,(H,18,19). The van der Waals surface area contributed by atoms with Gasteiger partial charge in [-0.2, -0.15) is 0 Å². The number of ether oxygens (including phenoxy) is 1. The number of thioether (sulfide) groups is 1. The number of carbonyl (C=O) groups excluding carboxylic acids is 1. The quantitative estimate of drug-likeness (QED) is 0.568. The van der Waals surface area contributed by atoms with Gasteiger partial charge in [-0.15, -0.1) is 21.5 Å². The van der Waals surface area contributed by atoms with E-state index in [1.807, 2.05) is 48.8 Å². The van der Waals surface area contributed by atoms with Crippen molar-refractivity contribution >= 4 is 51.2 Å². The van der Waals surface area contributed by atoms with Gasteiger partial charge in [-0.25, -0.2) is 0 Å². The van der Waals surface area contributed by atoms with Crippen molar-refractivity contribution in [3.63, 3.8) is 0 Å². The van der Waals surface area contributed by atoms with Crippen LogP contribution in [0.4, 0.5) is 10.8 Å². The van der Waals surface area contributed by atoms with Crippen LogP contribution >= 0.6 is 34.4 Å². The molecule has 0 aliphatic rings. The molecule has 136 valence electrons. The summed E-state index contributed by atoms with van der Waals surface area (Å²) >= 11 is 4.47. The zero-order valence-corrected chi connectivity index (χ0v) is 16.8. The van der Waals surface area contributed by atoms with Gasteiger partial charge in [0.15, 0.2) is 4.34 Å². The van der Waals surface area contributed by atoms with E-state index in [0.29, 0.717) is 17.4 Å². The molecule has 0 fully saturated rings. The normalized spacial score (nSPS) is 10.5. The summed E-state index contributed by atoms with van der Waals surface area (Å²) in [6.07, 6.45) is 0. The molecule has 9 heteroatoms. The number of methoxy groups -OCH3 is 1. The molecule has 1 aromatic carbocycles. The number of nitrogens with one attached hydrogen (secondary N) is 1. The highest BCUT2D eigenvalue weighted by Gasteiger charge is 2.13. The highest BCUT2D eigenvalue weighted by Crippen LogP contribution is 2.29. The van der Waals surface area contributed by atoms with E-state index in [1.54, 1.807) is 23.3 Å². The first-order chi connectivity index (χ1) is 12.6. The Morgan fingerprint density at radius 3 is 2.96 bits per heavy atom.